The molecular formula is C15H10Cl3NO3. The number of benzene rings is 2. The topological polar surface area (TPSA) is 55.4 Å². The lowest BCUT2D eigenvalue weighted by atomic mass is 10.2. The number of carbonyl (C=O) groups excluding carboxylic acids is 2. The smallest absolute Gasteiger partial charge is 0.338 e. The molecule has 114 valence electrons. The molecule has 0 unspecified atom stereocenters. The van der Waals surface area contributed by atoms with E-state index in [2.05, 4.69) is 5.32 Å². The van der Waals surface area contributed by atoms with Crippen LogP contribution in [-0.4, -0.2) is 18.5 Å². The summed E-state index contributed by atoms with van der Waals surface area (Å²) in [6, 6.07) is 10.9. The van der Waals surface area contributed by atoms with E-state index in [1.54, 1.807) is 24.3 Å². The Bertz CT molecular complexity index is 681. The molecule has 0 atom stereocenters. The Morgan fingerprint density at radius 2 is 1.50 bits per heavy atom. The van der Waals surface area contributed by atoms with Crippen LogP contribution in [0.15, 0.2) is 42.5 Å². The first-order valence-corrected chi connectivity index (χ1v) is 7.26. The van der Waals surface area contributed by atoms with Gasteiger partial charge in [-0.15, -0.1) is 0 Å². The van der Waals surface area contributed by atoms with Crippen LogP contribution in [0.1, 0.15) is 10.4 Å². The van der Waals surface area contributed by atoms with Crippen LogP contribution in [0.25, 0.3) is 0 Å². The van der Waals surface area contributed by atoms with Crippen LogP contribution >= 0.6 is 34.8 Å². The lowest BCUT2D eigenvalue weighted by Crippen LogP contribution is -2.20. The number of rotatable bonds is 4. The minimum Gasteiger partial charge on any atom is -0.452 e. The molecule has 0 aliphatic carbocycles. The van der Waals surface area contributed by atoms with Gasteiger partial charge in [-0.25, -0.2) is 4.79 Å². The van der Waals surface area contributed by atoms with E-state index in [9.17, 15) is 9.59 Å². The summed E-state index contributed by atoms with van der Waals surface area (Å²) in [4.78, 5) is 23.5. The molecular weight excluding hydrogens is 349 g/mol. The van der Waals surface area contributed by atoms with Crippen molar-refractivity contribution in [3.8, 4) is 0 Å². The number of anilines is 1. The molecule has 2 aromatic rings. The van der Waals surface area contributed by atoms with Crippen molar-refractivity contribution in [1.29, 1.82) is 0 Å². The second-order valence-electron chi connectivity index (χ2n) is 4.29. The second-order valence-corrected chi connectivity index (χ2v) is 5.60. The van der Waals surface area contributed by atoms with Crippen LogP contribution in [0.5, 0.6) is 0 Å². The summed E-state index contributed by atoms with van der Waals surface area (Å²) < 4.78 is 4.90. The number of amides is 1. The molecule has 1 N–H and O–H groups in total. The largest absolute Gasteiger partial charge is 0.452 e. The molecule has 0 heterocycles. The molecule has 4 nitrogen and oxygen atoms in total. The first-order chi connectivity index (χ1) is 10.4. The fourth-order valence-electron chi connectivity index (χ4n) is 1.62. The Morgan fingerprint density at radius 1 is 0.909 bits per heavy atom. The van der Waals surface area contributed by atoms with Gasteiger partial charge in [-0.1, -0.05) is 34.8 Å². The summed E-state index contributed by atoms with van der Waals surface area (Å²) >= 11 is 17.3. The van der Waals surface area contributed by atoms with Crippen molar-refractivity contribution in [3.63, 3.8) is 0 Å². The van der Waals surface area contributed by atoms with Crippen molar-refractivity contribution >= 4 is 52.4 Å². The maximum Gasteiger partial charge on any atom is 0.338 e. The third-order valence-electron chi connectivity index (χ3n) is 2.56. The van der Waals surface area contributed by atoms with Gasteiger partial charge in [0, 0.05) is 20.8 Å². The highest BCUT2D eigenvalue weighted by molar-refractivity contribution is 6.35. The first-order valence-electron chi connectivity index (χ1n) is 6.12. The van der Waals surface area contributed by atoms with Crippen LogP contribution in [0.2, 0.25) is 15.1 Å². The molecule has 0 radical (unpaired) electrons. The zero-order valence-corrected chi connectivity index (χ0v) is 13.4. The summed E-state index contributed by atoms with van der Waals surface area (Å²) in [7, 11) is 0. The van der Waals surface area contributed by atoms with Gasteiger partial charge < -0.3 is 10.1 Å². The van der Waals surface area contributed by atoms with Gasteiger partial charge in [0.05, 0.1) is 5.56 Å². The summed E-state index contributed by atoms with van der Waals surface area (Å²) in [5, 5.41) is 3.75. The van der Waals surface area contributed by atoms with E-state index in [4.69, 9.17) is 39.5 Å². The lowest BCUT2D eigenvalue weighted by Gasteiger charge is -2.07. The van der Waals surface area contributed by atoms with E-state index in [1.807, 2.05) is 0 Å². The van der Waals surface area contributed by atoms with E-state index in [-0.39, 0.29) is 5.56 Å². The Labute approximate surface area is 141 Å². The van der Waals surface area contributed by atoms with Crippen molar-refractivity contribution in [2.24, 2.45) is 0 Å². The van der Waals surface area contributed by atoms with Gasteiger partial charge in [-0.2, -0.15) is 0 Å². The maximum atomic E-state index is 11.8. The number of hydrogen-bond donors (Lipinski definition) is 1. The maximum absolute atomic E-state index is 11.8. The van der Waals surface area contributed by atoms with Gasteiger partial charge in [0.25, 0.3) is 5.91 Å². The summed E-state index contributed by atoms with van der Waals surface area (Å²) in [6.45, 7) is -0.425. The Hall–Kier alpha value is -1.75. The quantitative estimate of drug-likeness (QED) is 0.822. The number of halogens is 3. The molecule has 2 aromatic carbocycles. The normalized spacial score (nSPS) is 10.1. The van der Waals surface area contributed by atoms with Gasteiger partial charge in [0.15, 0.2) is 6.61 Å². The summed E-state index contributed by atoms with van der Waals surface area (Å²) in [6.07, 6.45) is 0. The SMILES string of the molecule is O=C(COC(=O)c1cc(Cl)cc(Cl)c1)Nc1ccc(Cl)cc1. The summed E-state index contributed by atoms with van der Waals surface area (Å²) in [5.74, 6) is -1.15. The molecule has 0 saturated heterocycles. The van der Waals surface area contributed by atoms with Crippen molar-refractivity contribution in [1.82, 2.24) is 0 Å². The second kappa shape index (κ2) is 7.49. The van der Waals surface area contributed by atoms with Crippen LogP contribution in [0, 0.1) is 0 Å². The number of hydrogen-bond acceptors (Lipinski definition) is 3. The Kier molecular flexibility index (Phi) is 5.66. The van der Waals surface area contributed by atoms with E-state index in [0.29, 0.717) is 20.8 Å². The Balaban J connectivity index is 1.90. The highest BCUT2D eigenvalue weighted by Crippen LogP contribution is 2.19. The van der Waals surface area contributed by atoms with Crippen LogP contribution in [0.4, 0.5) is 5.69 Å². The fourth-order valence-corrected chi connectivity index (χ4v) is 2.27. The average molecular weight is 359 g/mol. The van der Waals surface area contributed by atoms with Crippen LogP contribution in [0.3, 0.4) is 0 Å². The van der Waals surface area contributed by atoms with E-state index in [1.165, 1.54) is 18.2 Å². The summed E-state index contributed by atoms with van der Waals surface area (Å²) in [5.41, 5.74) is 0.730. The predicted octanol–water partition coefficient (Wildman–Crippen LogP) is 4.44. The third kappa shape index (κ3) is 4.91. The van der Waals surface area contributed by atoms with E-state index >= 15 is 0 Å². The molecule has 1 amide bonds. The molecule has 0 saturated carbocycles. The average Bonchev–Trinajstić information content (AvgIpc) is 2.46. The molecule has 0 fully saturated rings. The highest BCUT2D eigenvalue weighted by atomic mass is 35.5. The van der Waals surface area contributed by atoms with Crippen molar-refractivity contribution in [3.05, 3.63) is 63.1 Å². The highest BCUT2D eigenvalue weighted by Gasteiger charge is 2.12. The molecule has 2 rings (SSSR count). The van der Waals surface area contributed by atoms with Crippen LogP contribution in [-0.2, 0) is 9.53 Å². The fraction of sp³-hybridized carbons (Fsp3) is 0.0667. The van der Waals surface area contributed by atoms with Gasteiger partial charge in [-0.05, 0) is 42.5 Å². The number of esters is 1. The van der Waals surface area contributed by atoms with Crippen molar-refractivity contribution in [2.45, 2.75) is 0 Å². The molecule has 0 aromatic heterocycles. The molecule has 0 aliphatic heterocycles. The van der Waals surface area contributed by atoms with E-state index in [0.717, 1.165) is 0 Å². The number of ether oxygens (including phenoxy) is 1. The zero-order valence-electron chi connectivity index (χ0n) is 11.1. The monoisotopic (exact) mass is 357 g/mol. The first kappa shape index (κ1) is 16.6. The van der Waals surface area contributed by atoms with Gasteiger partial charge in [0.1, 0.15) is 0 Å². The van der Waals surface area contributed by atoms with Crippen LogP contribution < -0.4 is 5.32 Å². The molecule has 0 aliphatic rings. The minimum atomic E-state index is -0.685. The van der Waals surface area contributed by atoms with Crippen molar-refractivity contribution < 1.29 is 14.3 Å². The zero-order chi connectivity index (χ0) is 16.1. The minimum absolute atomic E-state index is 0.178. The predicted molar refractivity (Wildman–Crippen MR) is 86.8 cm³/mol. The van der Waals surface area contributed by atoms with E-state index < -0.39 is 18.5 Å². The standard InChI is InChI=1S/C15H10Cl3NO3/c16-10-1-3-13(4-2-10)19-14(20)8-22-15(21)9-5-11(17)7-12(18)6-9/h1-7H,8H2,(H,19,20). The molecule has 7 heteroatoms. The number of nitrogens with one attached hydrogen (secondary N) is 1. The number of carbonyl (C=O) groups is 2. The lowest BCUT2D eigenvalue weighted by molar-refractivity contribution is -0.119. The van der Waals surface area contributed by atoms with Gasteiger partial charge in [0.2, 0.25) is 0 Å². The molecule has 0 bridgehead atoms. The van der Waals surface area contributed by atoms with Crippen molar-refractivity contribution in [2.75, 3.05) is 11.9 Å². The molecule has 0 spiro atoms. The molecule has 22 heavy (non-hydrogen) atoms. The Morgan fingerprint density at radius 3 is 2.09 bits per heavy atom. The van der Waals surface area contributed by atoms with Gasteiger partial charge in [-0.3, -0.25) is 4.79 Å². The third-order valence-corrected chi connectivity index (χ3v) is 3.25. The van der Waals surface area contributed by atoms with Gasteiger partial charge >= 0.3 is 5.97 Å².